The molecule has 1 unspecified atom stereocenters. The third kappa shape index (κ3) is 3.11. The largest absolute Gasteiger partial charge is 0.310 e. The number of rotatable bonds is 5. The van der Waals surface area contributed by atoms with E-state index in [9.17, 15) is 4.79 Å². The minimum Gasteiger partial charge on any atom is -0.310 e. The second kappa shape index (κ2) is 6.08. The minimum atomic E-state index is -0.00743. The summed E-state index contributed by atoms with van der Waals surface area (Å²) in [4.78, 5) is 19.3. The molecule has 4 nitrogen and oxygen atoms in total. The monoisotopic (exact) mass is 277 g/mol. The zero-order valence-corrected chi connectivity index (χ0v) is 13.2. The number of aryl methyl sites for hydroxylation is 2. The summed E-state index contributed by atoms with van der Waals surface area (Å²) >= 11 is 0. The van der Waals surface area contributed by atoms with E-state index < -0.39 is 0 Å². The summed E-state index contributed by atoms with van der Waals surface area (Å²) < 4.78 is 0. The maximum atomic E-state index is 12.1. The van der Waals surface area contributed by atoms with Crippen LogP contribution in [0.2, 0.25) is 0 Å². The van der Waals surface area contributed by atoms with E-state index in [-0.39, 0.29) is 11.6 Å². The number of H-pyrrole nitrogens is 1. The van der Waals surface area contributed by atoms with Gasteiger partial charge >= 0.3 is 0 Å². The van der Waals surface area contributed by atoms with Crippen molar-refractivity contribution in [2.24, 2.45) is 5.41 Å². The van der Waals surface area contributed by atoms with Gasteiger partial charge in [0.15, 0.2) is 0 Å². The molecule has 0 saturated heterocycles. The molecule has 4 heteroatoms. The van der Waals surface area contributed by atoms with Crippen molar-refractivity contribution in [3.63, 3.8) is 0 Å². The molecule has 0 spiro atoms. The van der Waals surface area contributed by atoms with Crippen molar-refractivity contribution in [1.29, 1.82) is 0 Å². The van der Waals surface area contributed by atoms with Crippen molar-refractivity contribution in [2.45, 2.75) is 65.8 Å². The van der Waals surface area contributed by atoms with Gasteiger partial charge in [0.05, 0.1) is 5.56 Å². The normalized spacial score (nSPS) is 19.2. The average Bonchev–Trinajstić information content (AvgIpc) is 2.84. The first-order valence-corrected chi connectivity index (χ1v) is 7.78. The SMILES string of the molecule is CCC1(CNC(C)c2c(C)nc(C)[nH]c2=O)CCCC1. The molecule has 2 N–H and O–H groups in total. The van der Waals surface area contributed by atoms with Crippen LogP contribution in [0.25, 0.3) is 0 Å². The Labute approximate surface area is 121 Å². The second-order valence-electron chi connectivity index (χ2n) is 6.31. The van der Waals surface area contributed by atoms with Gasteiger partial charge < -0.3 is 10.3 Å². The van der Waals surface area contributed by atoms with Crippen LogP contribution >= 0.6 is 0 Å². The summed E-state index contributed by atoms with van der Waals surface area (Å²) in [6.07, 6.45) is 6.52. The molecule has 0 amide bonds. The zero-order valence-electron chi connectivity index (χ0n) is 13.2. The molecule has 1 aromatic heterocycles. The predicted octanol–water partition coefficient (Wildman–Crippen LogP) is 3.01. The minimum absolute atomic E-state index is 0.00743. The molecular weight excluding hydrogens is 250 g/mol. The Morgan fingerprint density at radius 3 is 2.55 bits per heavy atom. The molecule has 1 aromatic rings. The number of hydrogen-bond acceptors (Lipinski definition) is 3. The van der Waals surface area contributed by atoms with Crippen LogP contribution in [-0.2, 0) is 0 Å². The van der Waals surface area contributed by atoms with E-state index in [1.54, 1.807) is 0 Å². The molecule has 2 rings (SSSR count). The summed E-state index contributed by atoms with van der Waals surface area (Å²) in [5, 5.41) is 3.57. The number of nitrogens with one attached hydrogen (secondary N) is 2. The maximum Gasteiger partial charge on any atom is 0.255 e. The Balaban J connectivity index is 2.09. The lowest BCUT2D eigenvalue weighted by atomic mass is 9.83. The van der Waals surface area contributed by atoms with Crippen molar-refractivity contribution in [1.82, 2.24) is 15.3 Å². The van der Waals surface area contributed by atoms with Crippen LogP contribution < -0.4 is 10.9 Å². The van der Waals surface area contributed by atoms with Gasteiger partial charge in [0, 0.05) is 18.3 Å². The standard InChI is InChI=1S/C16H27N3O/c1-5-16(8-6-7-9-16)10-17-11(2)14-12(3)18-13(4)19-15(14)20/h11,17H,5-10H2,1-4H3,(H,18,19,20). The first-order chi connectivity index (χ1) is 9.47. The van der Waals surface area contributed by atoms with Crippen LogP contribution in [0, 0.1) is 19.3 Å². The molecule has 1 atom stereocenters. The first kappa shape index (κ1) is 15.2. The maximum absolute atomic E-state index is 12.1. The fourth-order valence-electron chi connectivity index (χ4n) is 3.50. The van der Waals surface area contributed by atoms with Gasteiger partial charge in [-0.25, -0.2) is 4.98 Å². The number of aromatic amines is 1. The van der Waals surface area contributed by atoms with E-state index in [0.29, 0.717) is 11.2 Å². The molecule has 1 fully saturated rings. The highest BCUT2D eigenvalue weighted by Crippen LogP contribution is 2.40. The van der Waals surface area contributed by atoms with Gasteiger partial charge in [-0.2, -0.15) is 0 Å². The smallest absolute Gasteiger partial charge is 0.255 e. The molecule has 20 heavy (non-hydrogen) atoms. The zero-order chi connectivity index (χ0) is 14.8. The highest BCUT2D eigenvalue weighted by atomic mass is 16.1. The van der Waals surface area contributed by atoms with Crippen molar-refractivity contribution < 1.29 is 0 Å². The molecular formula is C16H27N3O. The van der Waals surface area contributed by atoms with Crippen molar-refractivity contribution in [3.05, 3.63) is 27.4 Å². The Hall–Kier alpha value is -1.16. The first-order valence-electron chi connectivity index (χ1n) is 7.78. The summed E-state index contributed by atoms with van der Waals surface area (Å²) in [6, 6.07) is 0.0517. The lowest BCUT2D eigenvalue weighted by Crippen LogP contribution is -2.35. The summed E-state index contributed by atoms with van der Waals surface area (Å²) in [5.41, 5.74) is 2.04. The number of aromatic nitrogens is 2. The van der Waals surface area contributed by atoms with Gasteiger partial charge in [0.1, 0.15) is 5.82 Å². The topological polar surface area (TPSA) is 57.8 Å². The lowest BCUT2D eigenvalue weighted by molar-refractivity contribution is 0.258. The van der Waals surface area contributed by atoms with Crippen LogP contribution in [0.15, 0.2) is 4.79 Å². The predicted molar refractivity (Wildman–Crippen MR) is 81.9 cm³/mol. The third-order valence-corrected chi connectivity index (χ3v) is 4.89. The Kier molecular flexibility index (Phi) is 4.63. The van der Waals surface area contributed by atoms with Crippen LogP contribution in [0.1, 0.15) is 69.1 Å². The van der Waals surface area contributed by atoms with E-state index in [2.05, 4.69) is 29.1 Å². The van der Waals surface area contributed by atoms with Crippen LogP contribution in [0.5, 0.6) is 0 Å². The molecule has 1 saturated carbocycles. The van der Waals surface area contributed by atoms with Gasteiger partial charge in [0.25, 0.3) is 5.56 Å². The van der Waals surface area contributed by atoms with Gasteiger partial charge in [-0.3, -0.25) is 4.79 Å². The van der Waals surface area contributed by atoms with Gasteiger partial charge in [-0.1, -0.05) is 19.8 Å². The molecule has 0 bridgehead atoms. The second-order valence-corrected chi connectivity index (χ2v) is 6.31. The fourth-order valence-corrected chi connectivity index (χ4v) is 3.50. The highest BCUT2D eigenvalue weighted by Gasteiger charge is 2.32. The lowest BCUT2D eigenvalue weighted by Gasteiger charge is -2.29. The summed E-state index contributed by atoms with van der Waals surface area (Å²) in [5.74, 6) is 0.685. The van der Waals surface area contributed by atoms with E-state index >= 15 is 0 Å². The van der Waals surface area contributed by atoms with Gasteiger partial charge in [-0.05, 0) is 45.4 Å². The Morgan fingerprint density at radius 1 is 1.35 bits per heavy atom. The van der Waals surface area contributed by atoms with E-state index in [1.165, 1.54) is 32.1 Å². The van der Waals surface area contributed by atoms with E-state index in [1.807, 2.05) is 13.8 Å². The molecule has 0 aromatic carbocycles. The molecule has 1 heterocycles. The van der Waals surface area contributed by atoms with Crippen molar-refractivity contribution in [2.75, 3.05) is 6.54 Å². The molecule has 0 aliphatic heterocycles. The van der Waals surface area contributed by atoms with E-state index in [0.717, 1.165) is 17.8 Å². The summed E-state index contributed by atoms with van der Waals surface area (Å²) in [7, 11) is 0. The molecule has 112 valence electrons. The van der Waals surface area contributed by atoms with Crippen molar-refractivity contribution >= 4 is 0 Å². The molecule has 1 aliphatic rings. The van der Waals surface area contributed by atoms with Gasteiger partial charge in [-0.15, -0.1) is 0 Å². The average molecular weight is 277 g/mol. The molecule has 1 aliphatic carbocycles. The Morgan fingerprint density at radius 2 is 2.00 bits per heavy atom. The highest BCUT2D eigenvalue weighted by molar-refractivity contribution is 5.20. The van der Waals surface area contributed by atoms with Crippen molar-refractivity contribution in [3.8, 4) is 0 Å². The van der Waals surface area contributed by atoms with Crippen LogP contribution in [0.3, 0.4) is 0 Å². The van der Waals surface area contributed by atoms with Crippen LogP contribution in [0.4, 0.5) is 0 Å². The fraction of sp³-hybridized carbons (Fsp3) is 0.750. The number of nitrogens with zero attached hydrogens (tertiary/aromatic N) is 1. The van der Waals surface area contributed by atoms with E-state index in [4.69, 9.17) is 0 Å². The van der Waals surface area contributed by atoms with Crippen LogP contribution in [-0.4, -0.2) is 16.5 Å². The quantitative estimate of drug-likeness (QED) is 0.870. The third-order valence-electron chi connectivity index (χ3n) is 4.89. The summed E-state index contributed by atoms with van der Waals surface area (Å²) in [6.45, 7) is 9.08. The number of hydrogen-bond donors (Lipinski definition) is 2. The van der Waals surface area contributed by atoms with Gasteiger partial charge in [0.2, 0.25) is 0 Å². The molecule has 0 radical (unpaired) electrons. The Bertz CT molecular complexity index is 515.